The van der Waals surface area contributed by atoms with Gasteiger partial charge >= 0.3 is 0 Å². The number of aliphatic hydroxyl groups is 1. The molecule has 4 rings (SSSR count). The zero-order valence-corrected chi connectivity index (χ0v) is 17.9. The number of ether oxygens (including phenoxy) is 2. The number of nitro groups is 2. The van der Waals surface area contributed by atoms with Crippen LogP contribution in [0.3, 0.4) is 0 Å². The van der Waals surface area contributed by atoms with Crippen molar-refractivity contribution < 1.29 is 42.0 Å². The van der Waals surface area contributed by atoms with Gasteiger partial charge in [-0.1, -0.05) is 7.43 Å². The Balaban J connectivity index is 0.000000247. The van der Waals surface area contributed by atoms with Gasteiger partial charge in [-0.3, -0.25) is 20.2 Å². The van der Waals surface area contributed by atoms with Crippen molar-refractivity contribution in [2.75, 3.05) is 6.61 Å². The third-order valence-electron chi connectivity index (χ3n) is 5.45. The molecule has 0 aliphatic carbocycles. The van der Waals surface area contributed by atoms with Crippen molar-refractivity contribution >= 4 is 0 Å². The molecule has 1 fully saturated rings. The highest BCUT2D eigenvalue weighted by atomic mass is 19.1. The van der Waals surface area contributed by atoms with Crippen LogP contribution in [0, 0.1) is 43.5 Å². The Labute approximate surface area is 203 Å². The second-order valence-electron chi connectivity index (χ2n) is 7.84. The summed E-state index contributed by atoms with van der Waals surface area (Å²) in [5.41, 5.74) is -0.320. The van der Waals surface area contributed by atoms with E-state index in [1.54, 1.807) is 0 Å². The zero-order chi connectivity index (χ0) is 25.7. The van der Waals surface area contributed by atoms with E-state index in [9.17, 15) is 42.9 Å². The number of hydrogen-bond acceptors (Lipinski definition) is 7. The molecule has 1 unspecified atom stereocenters. The summed E-state index contributed by atoms with van der Waals surface area (Å²) in [6.45, 7) is -0.134. The van der Waals surface area contributed by atoms with Gasteiger partial charge in [0.15, 0.2) is 12.2 Å². The maximum absolute atomic E-state index is 13.6. The van der Waals surface area contributed by atoms with Crippen molar-refractivity contribution in [2.24, 2.45) is 0 Å². The second kappa shape index (κ2) is 12.4. The minimum absolute atomic E-state index is 0. The molecule has 0 amide bonds. The van der Waals surface area contributed by atoms with Crippen LogP contribution < -0.4 is 0 Å². The average molecular weight is 516 g/mol. The number of nitrogens with zero attached hydrogens (tertiary/aromatic N) is 2. The first-order chi connectivity index (χ1) is 16.6. The molecular formula is C23H24F4N2O7. The fourth-order valence-corrected chi connectivity index (χ4v) is 3.78. The molecule has 1 saturated heterocycles. The molecule has 2 aromatic carbocycles. The highest BCUT2D eigenvalue weighted by molar-refractivity contribution is 5.24. The van der Waals surface area contributed by atoms with E-state index in [-0.39, 0.29) is 38.0 Å². The van der Waals surface area contributed by atoms with E-state index in [0.29, 0.717) is 0 Å². The summed E-state index contributed by atoms with van der Waals surface area (Å²) in [6, 6.07) is 3.14. The van der Waals surface area contributed by atoms with Crippen LogP contribution in [-0.4, -0.2) is 39.7 Å². The lowest BCUT2D eigenvalue weighted by Gasteiger charge is -2.29. The largest absolute Gasteiger partial charge is 0.486 e. The minimum atomic E-state index is -1.29. The zero-order valence-electron chi connectivity index (χ0n) is 17.9. The van der Waals surface area contributed by atoms with Crippen molar-refractivity contribution in [3.05, 3.63) is 103 Å². The van der Waals surface area contributed by atoms with Crippen molar-refractivity contribution in [2.45, 2.75) is 50.7 Å². The third kappa shape index (κ3) is 6.76. The molecule has 0 bridgehead atoms. The predicted molar refractivity (Wildman–Crippen MR) is 118 cm³/mol. The van der Waals surface area contributed by atoms with E-state index >= 15 is 0 Å². The fourth-order valence-electron chi connectivity index (χ4n) is 3.78. The van der Waals surface area contributed by atoms with Crippen LogP contribution in [0.2, 0.25) is 0 Å². The number of rotatable bonds is 4. The van der Waals surface area contributed by atoms with E-state index in [1.807, 2.05) is 0 Å². The van der Waals surface area contributed by atoms with E-state index < -0.39 is 63.5 Å². The van der Waals surface area contributed by atoms with E-state index in [4.69, 9.17) is 9.47 Å². The van der Waals surface area contributed by atoms with Gasteiger partial charge in [0.1, 0.15) is 23.3 Å². The van der Waals surface area contributed by atoms with Gasteiger partial charge in [0.05, 0.1) is 19.0 Å². The SMILES string of the molecule is C.O=[N+]([O-])[C@H]1CC(O)CO[C@@H]1c1cc(F)ccc1F.O=[N+]([O-])[C@H]1CC=CO[C@@H]1c1cc(F)ccc1F. The molecule has 0 spiro atoms. The minimum Gasteiger partial charge on any atom is -0.486 e. The number of benzene rings is 2. The molecule has 0 aromatic heterocycles. The molecular weight excluding hydrogens is 492 g/mol. The Morgan fingerprint density at radius 2 is 1.39 bits per heavy atom. The lowest BCUT2D eigenvalue weighted by atomic mass is 9.95. The first-order valence-electron chi connectivity index (χ1n) is 10.4. The van der Waals surface area contributed by atoms with E-state index in [2.05, 4.69) is 0 Å². The highest BCUT2D eigenvalue weighted by Gasteiger charge is 2.41. The second-order valence-corrected chi connectivity index (χ2v) is 7.84. The van der Waals surface area contributed by atoms with Crippen molar-refractivity contribution in [1.29, 1.82) is 0 Å². The van der Waals surface area contributed by atoms with E-state index in [1.165, 1.54) is 12.3 Å². The van der Waals surface area contributed by atoms with Crippen LogP contribution in [-0.2, 0) is 9.47 Å². The summed E-state index contributed by atoms with van der Waals surface area (Å²) in [4.78, 5) is 20.5. The Kier molecular flexibility index (Phi) is 9.87. The quantitative estimate of drug-likeness (QED) is 0.356. The third-order valence-corrected chi connectivity index (χ3v) is 5.45. The summed E-state index contributed by atoms with van der Waals surface area (Å²) in [5, 5.41) is 31.0. The fraction of sp³-hybridized carbons (Fsp3) is 0.391. The molecule has 13 heteroatoms. The Morgan fingerprint density at radius 3 is 1.92 bits per heavy atom. The lowest BCUT2D eigenvalue weighted by Crippen LogP contribution is -2.40. The molecule has 2 heterocycles. The van der Waals surface area contributed by atoms with Gasteiger partial charge in [-0.2, -0.15) is 0 Å². The number of hydrogen-bond donors (Lipinski definition) is 1. The number of halogens is 4. The first kappa shape index (κ1) is 28.7. The van der Waals surface area contributed by atoms with Gasteiger partial charge in [-0.05, 0) is 42.5 Å². The van der Waals surface area contributed by atoms with Gasteiger partial charge in [0, 0.05) is 33.8 Å². The van der Waals surface area contributed by atoms with Crippen LogP contribution >= 0.6 is 0 Å². The molecule has 9 nitrogen and oxygen atoms in total. The predicted octanol–water partition coefficient (Wildman–Crippen LogP) is 4.65. The van der Waals surface area contributed by atoms with Gasteiger partial charge < -0.3 is 14.6 Å². The molecule has 1 N–H and O–H groups in total. The smallest absolute Gasteiger partial charge is 0.257 e. The summed E-state index contributed by atoms with van der Waals surface area (Å²) in [7, 11) is 0. The van der Waals surface area contributed by atoms with Crippen molar-refractivity contribution in [1.82, 2.24) is 0 Å². The van der Waals surface area contributed by atoms with Gasteiger partial charge in [0.25, 0.3) is 6.04 Å². The maximum Gasteiger partial charge on any atom is 0.257 e. The summed E-state index contributed by atoms with van der Waals surface area (Å²) >= 11 is 0. The highest BCUT2D eigenvalue weighted by Crippen LogP contribution is 2.33. The van der Waals surface area contributed by atoms with Gasteiger partial charge in [0.2, 0.25) is 6.04 Å². The Hall–Kier alpha value is -3.58. The molecule has 2 aliphatic heterocycles. The Morgan fingerprint density at radius 1 is 0.861 bits per heavy atom. The standard InChI is InChI=1S/C11H11F2NO4.C11H9F2NO3.CH4/c12-6-1-2-9(13)8(3-6)11-10(14(16)17)4-7(15)5-18-11;12-7-3-4-9(13)8(6-7)11-10(14(15)16)2-1-5-17-11;/h1-3,7,10-11,15H,4-5H2;1,3-6,10-11H,2H2;1H4/t7?,10-,11+;10-,11+;/m00./s1. The molecule has 196 valence electrons. The Bertz CT molecular complexity index is 1120. The summed E-state index contributed by atoms with van der Waals surface area (Å²) in [5.74, 6) is -2.81. The first-order valence-corrected chi connectivity index (χ1v) is 10.4. The molecule has 5 atom stereocenters. The summed E-state index contributed by atoms with van der Waals surface area (Å²) in [6.07, 6.45) is -0.490. The van der Waals surface area contributed by atoms with E-state index in [0.717, 1.165) is 36.4 Å². The molecule has 2 aliphatic rings. The van der Waals surface area contributed by atoms with Crippen LogP contribution in [0.5, 0.6) is 0 Å². The molecule has 0 saturated carbocycles. The number of aliphatic hydroxyl groups excluding tert-OH is 1. The van der Waals surface area contributed by atoms with Gasteiger partial charge in [-0.25, -0.2) is 17.6 Å². The molecule has 0 radical (unpaired) electrons. The van der Waals surface area contributed by atoms with Crippen LogP contribution in [0.15, 0.2) is 48.7 Å². The molecule has 2 aromatic rings. The normalized spacial score (nSPS) is 25.0. The van der Waals surface area contributed by atoms with Crippen LogP contribution in [0.1, 0.15) is 43.6 Å². The van der Waals surface area contributed by atoms with Crippen LogP contribution in [0.4, 0.5) is 17.6 Å². The average Bonchev–Trinajstić information content (AvgIpc) is 2.82. The van der Waals surface area contributed by atoms with Gasteiger partial charge in [-0.15, -0.1) is 0 Å². The lowest BCUT2D eigenvalue weighted by molar-refractivity contribution is -0.545. The molecule has 36 heavy (non-hydrogen) atoms. The monoisotopic (exact) mass is 516 g/mol. The topological polar surface area (TPSA) is 125 Å². The van der Waals surface area contributed by atoms with Crippen molar-refractivity contribution in [3.8, 4) is 0 Å². The van der Waals surface area contributed by atoms with Crippen LogP contribution in [0.25, 0.3) is 0 Å². The van der Waals surface area contributed by atoms with Crippen molar-refractivity contribution in [3.63, 3.8) is 0 Å². The maximum atomic E-state index is 13.6. The summed E-state index contributed by atoms with van der Waals surface area (Å²) < 4.78 is 63.3.